The Morgan fingerprint density at radius 2 is 1.67 bits per heavy atom. The van der Waals surface area contributed by atoms with Crippen LogP contribution < -0.4 is 0 Å². The third-order valence-corrected chi connectivity index (χ3v) is 4.00. The first-order chi connectivity index (χ1) is 8.81. The summed E-state index contributed by atoms with van der Waals surface area (Å²) in [7, 11) is 0. The molecule has 0 aliphatic heterocycles. The molecular formula is C17H18O. The Kier molecular flexibility index (Phi) is 3.14. The van der Waals surface area contributed by atoms with E-state index in [2.05, 4.69) is 42.5 Å². The average molecular weight is 238 g/mol. The number of benzene rings is 2. The summed E-state index contributed by atoms with van der Waals surface area (Å²) in [6, 6.07) is 15.2. The largest absolute Gasteiger partial charge is 0.300 e. The predicted octanol–water partition coefficient (Wildman–Crippen LogP) is 4.14. The van der Waals surface area contributed by atoms with Crippen molar-refractivity contribution in [2.75, 3.05) is 0 Å². The molecule has 1 heteroatoms. The van der Waals surface area contributed by atoms with Gasteiger partial charge in [0.1, 0.15) is 5.78 Å². The quantitative estimate of drug-likeness (QED) is 0.768. The van der Waals surface area contributed by atoms with Crippen molar-refractivity contribution in [2.24, 2.45) is 5.92 Å². The summed E-state index contributed by atoms with van der Waals surface area (Å²) in [6.07, 6.45) is 4.85. The molecule has 3 rings (SSSR count). The average Bonchev–Trinajstić information content (AvgIpc) is 2.41. The molecule has 1 nitrogen and oxygen atoms in total. The molecule has 1 aliphatic carbocycles. The zero-order chi connectivity index (χ0) is 12.4. The lowest BCUT2D eigenvalue weighted by atomic mass is 9.84. The second kappa shape index (κ2) is 4.93. The van der Waals surface area contributed by atoms with Gasteiger partial charge in [-0.25, -0.2) is 0 Å². The van der Waals surface area contributed by atoms with Crippen LogP contribution in [0.2, 0.25) is 0 Å². The smallest absolute Gasteiger partial charge is 0.132 e. The number of carbonyl (C=O) groups excluding carboxylic acids is 1. The van der Waals surface area contributed by atoms with Crippen LogP contribution in [0.25, 0.3) is 10.8 Å². The Morgan fingerprint density at radius 1 is 0.944 bits per heavy atom. The minimum absolute atomic E-state index is 0.449. The van der Waals surface area contributed by atoms with Crippen LogP contribution in [0.15, 0.2) is 42.5 Å². The van der Waals surface area contributed by atoms with Gasteiger partial charge in [0.25, 0.3) is 0 Å². The molecule has 2 aromatic carbocycles. The lowest BCUT2D eigenvalue weighted by Crippen LogP contribution is -2.15. The number of ketones is 1. The third kappa shape index (κ3) is 2.45. The highest BCUT2D eigenvalue weighted by molar-refractivity contribution is 5.83. The topological polar surface area (TPSA) is 17.1 Å². The first-order valence-electron chi connectivity index (χ1n) is 6.80. The molecule has 1 saturated carbocycles. The molecule has 0 aromatic heterocycles. The van der Waals surface area contributed by atoms with E-state index in [1.54, 1.807) is 0 Å². The first kappa shape index (κ1) is 11.5. The number of Topliss-reactive ketones (excluding diaryl/α,β-unsaturated/α-hetero) is 1. The van der Waals surface area contributed by atoms with E-state index in [4.69, 9.17) is 0 Å². The maximum atomic E-state index is 11.2. The summed E-state index contributed by atoms with van der Waals surface area (Å²) in [5.41, 5.74) is 1.41. The standard InChI is InChI=1S/C17H18O/c18-17-9-6-13(7-10-17)11-14-5-8-15-3-1-2-4-16(15)12-14/h1-5,8,12-13H,6-7,9-11H2. The summed E-state index contributed by atoms with van der Waals surface area (Å²) < 4.78 is 0. The van der Waals surface area contributed by atoms with E-state index in [0.29, 0.717) is 11.7 Å². The normalized spacial score (nSPS) is 17.2. The van der Waals surface area contributed by atoms with Crippen LogP contribution in [-0.4, -0.2) is 5.78 Å². The molecule has 2 aromatic rings. The Morgan fingerprint density at radius 3 is 2.44 bits per heavy atom. The highest BCUT2D eigenvalue weighted by atomic mass is 16.1. The van der Waals surface area contributed by atoms with Gasteiger partial charge >= 0.3 is 0 Å². The lowest BCUT2D eigenvalue weighted by molar-refractivity contribution is -0.120. The van der Waals surface area contributed by atoms with Crippen molar-refractivity contribution in [3.05, 3.63) is 48.0 Å². The molecule has 0 bridgehead atoms. The van der Waals surface area contributed by atoms with Gasteiger partial charge in [-0.2, -0.15) is 0 Å². The van der Waals surface area contributed by atoms with Crippen molar-refractivity contribution in [1.82, 2.24) is 0 Å². The summed E-state index contributed by atoms with van der Waals surface area (Å²) in [6.45, 7) is 0. The molecule has 0 atom stereocenters. The number of rotatable bonds is 2. The Bertz CT molecular complexity index is 561. The van der Waals surface area contributed by atoms with Gasteiger partial charge in [0, 0.05) is 12.8 Å². The van der Waals surface area contributed by atoms with Gasteiger partial charge in [0.2, 0.25) is 0 Å². The van der Waals surface area contributed by atoms with Gasteiger partial charge in [-0.1, -0.05) is 42.5 Å². The fourth-order valence-corrected chi connectivity index (χ4v) is 2.90. The second-order valence-corrected chi connectivity index (χ2v) is 5.37. The van der Waals surface area contributed by atoms with Gasteiger partial charge in [0.15, 0.2) is 0 Å². The minimum atomic E-state index is 0.449. The highest BCUT2D eigenvalue weighted by Crippen LogP contribution is 2.26. The molecular weight excluding hydrogens is 220 g/mol. The van der Waals surface area contributed by atoms with Gasteiger partial charge in [0.05, 0.1) is 0 Å². The Balaban J connectivity index is 1.76. The predicted molar refractivity (Wildman–Crippen MR) is 74.6 cm³/mol. The van der Waals surface area contributed by atoms with Crippen molar-refractivity contribution < 1.29 is 4.79 Å². The molecule has 0 N–H and O–H groups in total. The van der Waals surface area contributed by atoms with Crippen LogP contribution >= 0.6 is 0 Å². The van der Waals surface area contributed by atoms with E-state index in [0.717, 1.165) is 32.1 Å². The first-order valence-corrected chi connectivity index (χ1v) is 6.80. The molecule has 18 heavy (non-hydrogen) atoms. The van der Waals surface area contributed by atoms with E-state index >= 15 is 0 Å². The lowest BCUT2D eigenvalue weighted by Gasteiger charge is -2.20. The zero-order valence-electron chi connectivity index (χ0n) is 10.6. The molecule has 0 radical (unpaired) electrons. The SMILES string of the molecule is O=C1CCC(Cc2ccc3ccccc3c2)CC1. The number of fused-ring (bicyclic) bond motifs is 1. The van der Waals surface area contributed by atoms with E-state index < -0.39 is 0 Å². The van der Waals surface area contributed by atoms with Crippen LogP contribution in [0.4, 0.5) is 0 Å². The summed E-state index contributed by atoms with van der Waals surface area (Å²) in [5.74, 6) is 1.15. The third-order valence-electron chi connectivity index (χ3n) is 4.00. The van der Waals surface area contributed by atoms with Crippen LogP contribution in [-0.2, 0) is 11.2 Å². The molecule has 1 fully saturated rings. The van der Waals surface area contributed by atoms with Crippen molar-refractivity contribution in [2.45, 2.75) is 32.1 Å². The molecule has 92 valence electrons. The van der Waals surface area contributed by atoms with Crippen molar-refractivity contribution in [3.63, 3.8) is 0 Å². The fraction of sp³-hybridized carbons (Fsp3) is 0.353. The van der Waals surface area contributed by atoms with Crippen LogP contribution in [0, 0.1) is 5.92 Å². The second-order valence-electron chi connectivity index (χ2n) is 5.37. The number of hydrogen-bond donors (Lipinski definition) is 0. The Hall–Kier alpha value is -1.63. The summed E-state index contributed by atoms with van der Waals surface area (Å²) >= 11 is 0. The van der Waals surface area contributed by atoms with Crippen LogP contribution in [0.5, 0.6) is 0 Å². The van der Waals surface area contributed by atoms with Crippen molar-refractivity contribution in [3.8, 4) is 0 Å². The van der Waals surface area contributed by atoms with E-state index in [1.165, 1.54) is 16.3 Å². The number of hydrogen-bond acceptors (Lipinski definition) is 1. The van der Waals surface area contributed by atoms with Crippen LogP contribution in [0.1, 0.15) is 31.2 Å². The maximum absolute atomic E-state index is 11.2. The summed E-state index contributed by atoms with van der Waals surface area (Å²) in [5, 5.41) is 2.63. The molecule has 0 unspecified atom stereocenters. The van der Waals surface area contributed by atoms with E-state index in [1.807, 2.05) is 0 Å². The van der Waals surface area contributed by atoms with Gasteiger partial charge in [-0.15, -0.1) is 0 Å². The van der Waals surface area contributed by atoms with Gasteiger partial charge in [-0.05, 0) is 41.5 Å². The molecule has 0 saturated heterocycles. The monoisotopic (exact) mass is 238 g/mol. The van der Waals surface area contributed by atoms with Crippen LogP contribution in [0.3, 0.4) is 0 Å². The van der Waals surface area contributed by atoms with E-state index in [9.17, 15) is 4.79 Å². The summed E-state index contributed by atoms with van der Waals surface area (Å²) in [4.78, 5) is 11.2. The zero-order valence-corrected chi connectivity index (χ0v) is 10.6. The highest BCUT2D eigenvalue weighted by Gasteiger charge is 2.18. The van der Waals surface area contributed by atoms with Crippen molar-refractivity contribution in [1.29, 1.82) is 0 Å². The van der Waals surface area contributed by atoms with E-state index in [-0.39, 0.29) is 0 Å². The van der Waals surface area contributed by atoms with Crippen molar-refractivity contribution >= 4 is 16.6 Å². The molecule has 0 heterocycles. The maximum Gasteiger partial charge on any atom is 0.132 e. The van der Waals surface area contributed by atoms with Gasteiger partial charge < -0.3 is 0 Å². The Labute approximate surface area is 108 Å². The number of carbonyl (C=O) groups is 1. The molecule has 0 amide bonds. The fourth-order valence-electron chi connectivity index (χ4n) is 2.90. The molecule has 1 aliphatic rings. The minimum Gasteiger partial charge on any atom is -0.300 e. The van der Waals surface area contributed by atoms with Gasteiger partial charge in [-0.3, -0.25) is 4.79 Å². The molecule has 0 spiro atoms.